The number of rotatable bonds is 12. The van der Waals surface area contributed by atoms with Gasteiger partial charge in [-0.25, -0.2) is 0 Å². The molecule has 1 aromatic carbocycles. The second-order valence-electron chi connectivity index (χ2n) is 5.79. The molecule has 8 heteroatoms. The van der Waals surface area contributed by atoms with Crippen LogP contribution >= 0.6 is 0 Å². The van der Waals surface area contributed by atoms with E-state index in [0.717, 1.165) is 18.8 Å². The van der Waals surface area contributed by atoms with E-state index in [1.165, 1.54) is 12.8 Å². The van der Waals surface area contributed by atoms with Crippen molar-refractivity contribution in [3.63, 3.8) is 0 Å². The van der Waals surface area contributed by atoms with Crippen molar-refractivity contribution in [1.29, 1.82) is 0 Å². The molecule has 7 nitrogen and oxygen atoms in total. The van der Waals surface area contributed by atoms with Crippen LogP contribution in [0, 0.1) is 5.92 Å². The highest BCUT2D eigenvalue weighted by Gasteiger charge is 2.20. The van der Waals surface area contributed by atoms with E-state index in [4.69, 9.17) is 14.2 Å². The topological polar surface area (TPSA) is 91.3 Å². The van der Waals surface area contributed by atoms with Crippen LogP contribution in [-0.4, -0.2) is 58.9 Å². The van der Waals surface area contributed by atoms with Gasteiger partial charge in [0, 0.05) is 6.61 Å². The zero-order chi connectivity index (χ0) is 17.4. The standard InChI is InChI=1S/C16H24O7S/c1-24(18,19)23-12-14(17)11-22-16-6-4-15(5-7-16)21-9-8-20-10-13-2-3-13/h4-7,13-14,17H,2-3,8-12H2,1H3/t14-/m1/s1. The number of ether oxygens (including phenoxy) is 3. The molecule has 0 radical (unpaired) electrons. The van der Waals surface area contributed by atoms with Crippen LogP contribution in [0.3, 0.4) is 0 Å². The number of aliphatic hydroxyl groups excluding tert-OH is 1. The molecule has 0 aromatic heterocycles. The van der Waals surface area contributed by atoms with Gasteiger partial charge < -0.3 is 19.3 Å². The van der Waals surface area contributed by atoms with Crippen LogP contribution in [0.5, 0.6) is 11.5 Å². The van der Waals surface area contributed by atoms with Gasteiger partial charge in [0.2, 0.25) is 0 Å². The van der Waals surface area contributed by atoms with Crippen LogP contribution in [0.2, 0.25) is 0 Å². The van der Waals surface area contributed by atoms with Crippen LogP contribution in [-0.2, 0) is 19.0 Å². The van der Waals surface area contributed by atoms with E-state index in [2.05, 4.69) is 4.18 Å². The van der Waals surface area contributed by atoms with Gasteiger partial charge in [0.1, 0.15) is 30.8 Å². The highest BCUT2D eigenvalue weighted by atomic mass is 32.2. The molecule has 1 fully saturated rings. The Morgan fingerprint density at radius 1 is 1.08 bits per heavy atom. The van der Waals surface area contributed by atoms with Gasteiger partial charge in [-0.05, 0) is 43.0 Å². The highest BCUT2D eigenvalue weighted by molar-refractivity contribution is 7.85. The third-order valence-corrected chi connectivity index (χ3v) is 3.85. The van der Waals surface area contributed by atoms with E-state index < -0.39 is 16.2 Å². The molecule has 1 aromatic rings. The molecule has 1 aliphatic rings. The number of hydrogen-bond acceptors (Lipinski definition) is 7. The average Bonchev–Trinajstić information content (AvgIpc) is 3.35. The average molecular weight is 360 g/mol. The first kappa shape index (κ1) is 19.0. The van der Waals surface area contributed by atoms with E-state index in [0.29, 0.717) is 24.7 Å². The molecule has 2 rings (SSSR count). The van der Waals surface area contributed by atoms with Gasteiger partial charge in [-0.1, -0.05) is 0 Å². The van der Waals surface area contributed by atoms with Crippen LogP contribution in [0.4, 0.5) is 0 Å². The zero-order valence-corrected chi connectivity index (χ0v) is 14.5. The largest absolute Gasteiger partial charge is 0.491 e. The number of hydrogen-bond donors (Lipinski definition) is 1. The van der Waals surface area contributed by atoms with E-state index in [1.54, 1.807) is 24.3 Å². The summed E-state index contributed by atoms with van der Waals surface area (Å²) in [6.45, 7) is 1.49. The van der Waals surface area contributed by atoms with Gasteiger partial charge in [-0.3, -0.25) is 4.18 Å². The fraction of sp³-hybridized carbons (Fsp3) is 0.625. The van der Waals surface area contributed by atoms with E-state index in [1.807, 2.05) is 0 Å². The molecule has 0 heterocycles. The minimum atomic E-state index is -3.56. The van der Waals surface area contributed by atoms with E-state index in [9.17, 15) is 13.5 Å². The predicted octanol–water partition coefficient (Wildman–Crippen LogP) is 1.21. The second-order valence-corrected chi connectivity index (χ2v) is 7.44. The summed E-state index contributed by atoms with van der Waals surface area (Å²) in [6.07, 6.45) is 2.45. The third-order valence-electron chi connectivity index (χ3n) is 3.29. The lowest BCUT2D eigenvalue weighted by atomic mass is 10.3. The summed E-state index contributed by atoms with van der Waals surface area (Å²) in [4.78, 5) is 0. The SMILES string of the molecule is CS(=O)(=O)OC[C@H](O)COc1ccc(OCCOCC2CC2)cc1. The van der Waals surface area contributed by atoms with E-state index in [-0.39, 0.29) is 13.2 Å². The van der Waals surface area contributed by atoms with Gasteiger partial charge in [-0.2, -0.15) is 8.42 Å². The number of aliphatic hydroxyl groups is 1. The number of benzene rings is 1. The monoisotopic (exact) mass is 360 g/mol. The molecule has 24 heavy (non-hydrogen) atoms. The van der Waals surface area contributed by atoms with Crippen LogP contribution in [0.15, 0.2) is 24.3 Å². The first-order valence-corrected chi connectivity index (χ1v) is 9.70. The highest BCUT2D eigenvalue weighted by Crippen LogP contribution is 2.28. The Morgan fingerprint density at radius 3 is 2.29 bits per heavy atom. The molecule has 0 spiro atoms. The predicted molar refractivity (Wildman–Crippen MR) is 87.8 cm³/mol. The molecule has 0 bridgehead atoms. The van der Waals surface area contributed by atoms with Crippen LogP contribution in [0.1, 0.15) is 12.8 Å². The van der Waals surface area contributed by atoms with Crippen LogP contribution < -0.4 is 9.47 Å². The van der Waals surface area contributed by atoms with Crippen molar-refractivity contribution >= 4 is 10.1 Å². The Hall–Kier alpha value is -1.35. The lowest BCUT2D eigenvalue weighted by molar-refractivity contribution is 0.0651. The summed E-state index contributed by atoms with van der Waals surface area (Å²) in [6, 6.07) is 6.94. The van der Waals surface area contributed by atoms with Gasteiger partial charge in [0.15, 0.2) is 0 Å². The molecule has 1 N–H and O–H groups in total. The maximum absolute atomic E-state index is 10.8. The first-order valence-electron chi connectivity index (χ1n) is 7.88. The maximum atomic E-state index is 10.8. The van der Waals surface area contributed by atoms with Crippen molar-refractivity contribution in [3.8, 4) is 11.5 Å². The fourth-order valence-electron chi connectivity index (χ4n) is 1.83. The molecule has 1 atom stereocenters. The summed E-state index contributed by atoms with van der Waals surface area (Å²) < 4.78 is 42.5. The molecular formula is C16H24O7S. The molecule has 0 aliphatic heterocycles. The summed E-state index contributed by atoms with van der Waals surface area (Å²) in [5, 5.41) is 9.59. The third kappa shape index (κ3) is 8.49. The second kappa shape index (κ2) is 9.22. The van der Waals surface area contributed by atoms with Crippen molar-refractivity contribution in [3.05, 3.63) is 24.3 Å². The van der Waals surface area contributed by atoms with Crippen molar-refractivity contribution in [2.75, 3.05) is 39.3 Å². The van der Waals surface area contributed by atoms with Crippen molar-refractivity contribution < 1.29 is 31.9 Å². The molecule has 136 valence electrons. The Kier molecular flexibility index (Phi) is 7.29. The maximum Gasteiger partial charge on any atom is 0.264 e. The summed E-state index contributed by atoms with van der Waals surface area (Å²) >= 11 is 0. The Labute approximate surface area is 142 Å². The summed E-state index contributed by atoms with van der Waals surface area (Å²) in [5.74, 6) is 2.00. The normalized spacial score (nSPS) is 15.9. The molecule has 0 unspecified atom stereocenters. The van der Waals surface area contributed by atoms with Gasteiger partial charge in [0.25, 0.3) is 10.1 Å². The van der Waals surface area contributed by atoms with Crippen LogP contribution in [0.25, 0.3) is 0 Å². The Morgan fingerprint density at radius 2 is 1.71 bits per heavy atom. The minimum Gasteiger partial charge on any atom is -0.491 e. The molecule has 0 saturated heterocycles. The van der Waals surface area contributed by atoms with E-state index >= 15 is 0 Å². The minimum absolute atomic E-state index is 0.0648. The van der Waals surface area contributed by atoms with Crippen molar-refractivity contribution in [1.82, 2.24) is 0 Å². The lowest BCUT2D eigenvalue weighted by Crippen LogP contribution is -2.24. The van der Waals surface area contributed by atoms with Gasteiger partial charge in [0.05, 0.1) is 19.5 Å². The Balaban J connectivity index is 1.60. The quantitative estimate of drug-likeness (QED) is 0.442. The lowest BCUT2D eigenvalue weighted by Gasteiger charge is -2.12. The van der Waals surface area contributed by atoms with Crippen molar-refractivity contribution in [2.45, 2.75) is 18.9 Å². The first-order chi connectivity index (χ1) is 11.4. The smallest absolute Gasteiger partial charge is 0.264 e. The molecular weight excluding hydrogens is 336 g/mol. The summed E-state index contributed by atoms with van der Waals surface area (Å²) in [7, 11) is -3.56. The molecule has 1 aliphatic carbocycles. The Bertz CT molecular complexity index is 581. The zero-order valence-electron chi connectivity index (χ0n) is 13.7. The fourth-order valence-corrected chi connectivity index (χ4v) is 2.23. The van der Waals surface area contributed by atoms with Gasteiger partial charge in [-0.15, -0.1) is 0 Å². The molecule has 0 amide bonds. The molecule has 1 saturated carbocycles. The van der Waals surface area contributed by atoms with Gasteiger partial charge >= 0.3 is 0 Å². The van der Waals surface area contributed by atoms with Crippen molar-refractivity contribution in [2.24, 2.45) is 5.92 Å². The summed E-state index contributed by atoms with van der Waals surface area (Å²) in [5.41, 5.74) is 0.